The van der Waals surface area contributed by atoms with Crippen LogP contribution in [0.25, 0.3) is 0 Å². The standard InChI is InChI=1S/C23H38N2O3/c1-14(22(28)25-12-4-5-13-25)17-8-10-23(3)11-9-18(15(2)19(23)20(17)26)24-21(27)16-6-7-16/h14-20,26H,4-13H2,1-3H3,(H,24,27)/t14-,15+,17-,18-,19+,20-,23-/m0/s1. The second kappa shape index (κ2) is 7.62. The Morgan fingerprint density at radius 2 is 1.75 bits per heavy atom. The Hall–Kier alpha value is -1.10. The molecule has 0 aromatic heterocycles. The van der Waals surface area contributed by atoms with Gasteiger partial charge in [0.2, 0.25) is 11.8 Å². The Kier molecular flexibility index (Phi) is 5.49. The molecule has 1 aliphatic heterocycles. The summed E-state index contributed by atoms with van der Waals surface area (Å²) in [5.41, 5.74) is 0.118. The first-order valence-corrected chi connectivity index (χ1v) is 11.6. The number of aliphatic hydroxyl groups excluding tert-OH is 1. The largest absolute Gasteiger partial charge is 0.392 e. The summed E-state index contributed by atoms with van der Waals surface area (Å²) in [4.78, 5) is 27.3. The minimum absolute atomic E-state index is 0.0338. The summed E-state index contributed by atoms with van der Waals surface area (Å²) >= 11 is 0. The molecule has 4 aliphatic rings. The van der Waals surface area contributed by atoms with Gasteiger partial charge in [0.15, 0.2) is 0 Å². The van der Waals surface area contributed by atoms with E-state index in [-0.39, 0.29) is 52.9 Å². The number of hydrogen-bond donors (Lipinski definition) is 2. The Labute approximate surface area is 169 Å². The van der Waals surface area contributed by atoms with Gasteiger partial charge in [-0.15, -0.1) is 0 Å². The number of nitrogens with zero attached hydrogens (tertiary/aromatic N) is 1. The number of carbonyl (C=O) groups excluding carboxylic acids is 2. The van der Waals surface area contributed by atoms with Crippen LogP contribution < -0.4 is 5.32 Å². The third kappa shape index (κ3) is 3.59. The Bertz CT molecular complexity index is 613. The monoisotopic (exact) mass is 390 g/mol. The summed E-state index contributed by atoms with van der Waals surface area (Å²) in [6.45, 7) is 8.30. The summed E-state index contributed by atoms with van der Waals surface area (Å²) in [6.07, 6.45) is 7.85. The molecule has 3 saturated carbocycles. The molecule has 0 aromatic carbocycles. The third-order valence-electron chi connectivity index (χ3n) is 8.61. The Morgan fingerprint density at radius 1 is 1.11 bits per heavy atom. The molecule has 0 spiro atoms. The molecular weight excluding hydrogens is 352 g/mol. The second-order valence-corrected chi connectivity index (χ2v) is 10.5. The van der Waals surface area contributed by atoms with Crippen LogP contribution in [0.3, 0.4) is 0 Å². The number of aliphatic hydroxyl groups is 1. The highest BCUT2D eigenvalue weighted by atomic mass is 16.3. The van der Waals surface area contributed by atoms with Crippen LogP contribution >= 0.6 is 0 Å². The molecule has 1 heterocycles. The van der Waals surface area contributed by atoms with Gasteiger partial charge in [0, 0.05) is 31.0 Å². The van der Waals surface area contributed by atoms with Gasteiger partial charge in [-0.3, -0.25) is 9.59 Å². The van der Waals surface area contributed by atoms with Crippen LogP contribution in [0, 0.1) is 35.0 Å². The molecule has 7 atom stereocenters. The average molecular weight is 391 g/mol. The number of amides is 2. The van der Waals surface area contributed by atoms with Crippen LogP contribution in [0.1, 0.15) is 72.1 Å². The molecule has 1 saturated heterocycles. The number of hydrogen-bond acceptors (Lipinski definition) is 3. The van der Waals surface area contributed by atoms with E-state index < -0.39 is 6.10 Å². The number of rotatable bonds is 4. The zero-order chi connectivity index (χ0) is 20.1. The van der Waals surface area contributed by atoms with Crippen molar-refractivity contribution >= 4 is 11.8 Å². The van der Waals surface area contributed by atoms with Gasteiger partial charge in [-0.25, -0.2) is 0 Å². The predicted molar refractivity (Wildman–Crippen MR) is 108 cm³/mol. The Morgan fingerprint density at radius 3 is 2.39 bits per heavy atom. The molecule has 0 unspecified atom stereocenters. The van der Waals surface area contributed by atoms with E-state index in [0.29, 0.717) is 0 Å². The lowest BCUT2D eigenvalue weighted by atomic mass is 9.51. The maximum absolute atomic E-state index is 13.0. The molecule has 5 nitrogen and oxygen atoms in total. The molecule has 4 rings (SSSR count). The van der Waals surface area contributed by atoms with Crippen LogP contribution in [0.5, 0.6) is 0 Å². The summed E-state index contributed by atoms with van der Waals surface area (Å²) in [6, 6.07) is 0.157. The number of carbonyl (C=O) groups is 2. The molecule has 2 N–H and O–H groups in total. The molecule has 3 aliphatic carbocycles. The van der Waals surface area contributed by atoms with Gasteiger partial charge in [-0.1, -0.05) is 20.8 Å². The summed E-state index contributed by atoms with van der Waals surface area (Å²) < 4.78 is 0. The number of fused-ring (bicyclic) bond motifs is 1. The quantitative estimate of drug-likeness (QED) is 0.775. The molecule has 158 valence electrons. The van der Waals surface area contributed by atoms with Crippen molar-refractivity contribution in [3.8, 4) is 0 Å². The summed E-state index contributed by atoms with van der Waals surface area (Å²) in [7, 11) is 0. The van der Waals surface area contributed by atoms with Crippen molar-refractivity contribution in [2.45, 2.75) is 84.3 Å². The fourth-order valence-electron chi connectivity index (χ4n) is 6.55. The van der Waals surface area contributed by atoms with Crippen molar-refractivity contribution in [1.82, 2.24) is 10.2 Å². The van der Waals surface area contributed by atoms with Gasteiger partial charge < -0.3 is 15.3 Å². The summed E-state index contributed by atoms with van der Waals surface area (Å²) in [5, 5.41) is 14.7. The van der Waals surface area contributed by atoms with Crippen LogP contribution in [-0.2, 0) is 9.59 Å². The van der Waals surface area contributed by atoms with E-state index in [9.17, 15) is 14.7 Å². The van der Waals surface area contributed by atoms with E-state index in [1.807, 2.05) is 11.8 Å². The topological polar surface area (TPSA) is 69.6 Å². The lowest BCUT2D eigenvalue weighted by Gasteiger charge is -2.56. The highest BCUT2D eigenvalue weighted by Crippen LogP contribution is 2.55. The van der Waals surface area contributed by atoms with Crippen molar-refractivity contribution < 1.29 is 14.7 Å². The van der Waals surface area contributed by atoms with E-state index >= 15 is 0 Å². The molecule has 0 aromatic rings. The first-order chi connectivity index (χ1) is 13.3. The molecule has 4 fully saturated rings. The van der Waals surface area contributed by atoms with Gasteiger partial charge in [-0.2, -0.15) is 0 Å². The zero-order valence-electron chi connectivity index (χ0n) is 17.8. The third-order valence-corrected chi connectivity index (χ3v) is 8.61. The lowest BCUT2D eigenvalue weighted by molar-refractivity contribution is -0.150. The fourth-order valence-corrected chi connectivity index (χ4v) is 6.55. The molecule has 2 amide bonds. The highest BCUT2D eigenvalue weighted by Gasteiger charge is 2.54. The number of likely N-dealkylation sites (tertiary alicyclic amines) is 1. The first kappa shape index (κ1) is 20.2. The van der Waals surface area contributed by atoms with Gasteiger partial charge >= 0.3 is 0 Å². The van der Waals surface area contributed by atoms with Gasteiger partial charge in [0.1, 0.15) is 0 Å². The molecular formula is C23H38N2O3. The molecule has 28 heavy (non-hydrogen) atoms. The minimum Gasteiger partial charge on any atom is -0.392 e. The van der Waals surface area contributed by atoms with Crippen LogP contribution in [0.4, 0.5) is 0 Å². The lowest BCUT2D eigenvalue weighted by Crippen LogP contribution is -2.58. The SMILES string of the molecule is C[C@H]1[C@@H]2[C@@H](O)[C@H]([C@H](C)C(=O)N3CCCC3)CC[C@@]2(C)CC[C@@H]1NC(=O)C1CC1. The van der Waals surface area contributed by atoms with E-state index in [2.05, 4.69) is 19.2 Å². The van der Waals surface area contributed by atoms with E-state index in [0.717, 1.165) is 64.5 Å². The van der Waals surface area contributed by atoms with E-state index in [1.54, 1.807) is 0 Å². The molecule has 0 bridgehead atoms. The smallest absolute Gasteiger partial charge is 0.225 e. The first-order valence-electron chi connectivity index (χ1n) is 11.6. The maximum Gasteiger partial charge on any atom is 0.225 e. The summed E-state index contributed by atoms with van der Waals surface area (Å²) in [5.74, 6) is 0.971. The van der Waals surface area contributed by atoms with E-state index in [1.165, 1.54) is 0 Å². The van der Waals surface area contributed by atoms with Crippen molar-refractivity contribution in [1.29, 1.82) is 0 Å². The zero-order valence-corrected chi connectivity index (χ0v) is 17.8. The molecule has 0 radical (unpaired) electrons. The van der Waals surface area contributed by atoms with Crippen molar-refractivity contribution in [3.05, 3.63) is 0 Å². The van der Waals surface area contributed by atoms with Crippen molar-refractivity contribution in [2.24, 2.45) is 35.0 Å². The maximum atomic E-state index is 13.0. The van der Waals surface area contributed by atoms with Gasteiger partial charge in [0.25, 0.3) is 0 Å². The fraction of sp³-hybridized carbons (Fsp3) is 0.913. The van der Waals surface area contributed by atoms with Crippen LogP contribution in [0.15, 0.2) is 0 Å². The molecule has 5 heteroatoms. The Balaban J connectivity index is 1.47. The van der Waals surface area contributed by atoms with Crippen LogP contribution in [-0.4, -0.2) is 47.1 Å². The normalized spacial score (nSPS) is 42.0. The predicted octanol–water partition coefficient (Wildman–Crippen LogP) is 2.96. The second-order valence-electron chi connectivity index (χ2n) is 10.5. The minimum atomic E-state index is -0.462. The highest BCUT2D eigenvalue weighted by molar-refractivity contribution is 5.81. The van der Waals surface area contributed by atoms with Gasteiger partial charge in [0.05, 0.1) is 6.10 Å². The van der Waals surface area contributed by atoms with E-state index in [4.69, 9.17) is 0 Å². The number of nitrogens with one attached hydrogen (secondary N) is 1. The van der Waals surface area contributed by atoms with Crippen LogP contribution in [0.2, 0.25) is 0 Å². The van der Waals surface area contributed by atoms with Crippen molar-refractivity contribution in [3.63, 3.8) is 0 Å². The van der Waals surface area contributed by atoms with Crippen molar-refractivity contribution in [2.75, 3.05) is 13.1 Å². The van der Waals surface area contributed by atoms with Gasteiger partial charge in [-0.05, 0) is 74.5 Å². The average Bonchev–Trinajstić information content (AvgIpc) is 3.38.